The van der Waals surface area contributed by atoms with Gasteiger partial charge in [0.2, 0.25) is 0 Å². The van der Waals surface area contributed by atoms with Crippen molar-refractivity contribution in [3.05, 3.63) is 82.4 Å². The third kappa shape index (κ3) is 10.8. The van der Waals surface area contributed by atoms with Crippen molar-refractivity contribution in [2.75, 3.05) is 6.61 Å². The minimum atomic E-state index is -0.484. The number of rotatable bonds is 16. The van der Waals surface area contributed by atoms with Crippen LogP contribution in [-0.4, -0.2) is 12.6 Å². The molecule has 0 fully saturated rings. The fourth-order valence-corrected chi connectivity index (χ4v) is 4.50. The van der Waals surface area contributed by atoms with E-state index in [1.165, 1.54) is 63.4 Å². The number of aryl methyl sites for hydroxylation is 2. The van der Waals surface area contributed by atoms with Crippen LogP contribution in [0.5, 0.6) is 11.5 Å². The molecule has 6 heteroatoms. The number of nitrogens with zero attached hydrogens (tertiary/aromatic N) is 2. The van der Waals surface area contributed by atoms with Crippen LogP contribution in [0.4, 0.5) is 11.4 Å². The van der Waals surface area contributed by atoms with Crippen molar-refractivity contribution in [1.82, 2.24) is 0 Å². The Balaban J connectivity index is 1.39. The van der Waals surface area contributed by atoms with E-state index in [0.29, 0.717) is 17.9 Å². The first-order valence-corrected chi connectivity index (χ1v) is 14.6. The lowest BCUT2D eigenvalue weighted by Gasteiger charge is -2.09. The molecule has 0 amide bonds. The molecule has 0 atom stereocenters. The van der Waals surface area contributed by atoms with Gasteiger partial charge in [0.1, 0.15) is 11.5 Å². The lowest BCUT2D eigenvalue weighted by atomic mass is 10.1. The molecule has 0 aliphatic rings. The standard InChI is InChI=1S/C33H41ClN2O3/c1-4-5-6-7-8-9-10-11-12-13-22-38-29-18-15-27(16-19-29)33(37)39-32-21-17-28(24-30(32)34)35-36-31-20-14-25(2)23-26(31)3/h14-21,23-24H,4-13,22H2,1-3H3. The molecule has 0 radical (unpaired) electrons. The monoisotopic (exact) mass is 548 g/mol. The maximum atomic E-state index is 12.6. The zero-order valence-corrected chi connectivity index (χ0v) is 24.3. The van der Waals surface area contributed by atoms with Gasteiger partial charge in [-0.1, -0.05) is 94.0 Å². The third-order valence-electron chi connectivity index (χ3n) is 6.60. The zero-order valence-electron chi connectivity index (χ0n) is 23.5. The Hall–Kier alpha value is -3.18. The molecule has 0 bridgehead atoms. The Morgan fingerprint density at radius 2 is 1.44 bits per heavy atom. The number of unbranched alkanes of at least 4 members (excludes halogenated alkanes) is 9. The summed E-state index contributed by atoms with van der Waals surface area (Å²) < 4.78 is 11.3. The predicted molar refractivity (Wildman–Crippen MR) is 160 cm³/mol. The van der Waals surface area contributed by atoms with Gasteiger partial charge >= 0.3 is 5.97 Å². The van der Waals surface area contributed by atoms with Crippen molar-refractivity contribution in [3.63, 3.8) is 0 Å². The second-order valence-corrected chi connectivity index (χ2v) is 10.5. The summed E-state index contributed by atoms with van der Waals surface area (Å²) in [6, 6.07) is 18.0. The molecule has 3 rings (SSSR count). The molecule has 3 aromatic carbocycles. The summed E-state index contributed by atoms with van der Waals surface area (Å²) in [7, 11) is 0. The molecule has 0 aliphatic heterocycles. The van der Waals surface area contributed by atoms with Crippen LogP contribution < -0.4 is 9.47 Å². The number of hydrogen-bond acceptors (Lipinski definition) is 5. The first kappa shape index (κ1) is 30.4. The van der Waals surface area contributed by atoms with Crippen molar-refractivity contribution in [1.29, 1.82) is 0 Å². The van der Waals surface area contributed by atoms with Gasteiger partial charge in [0.15, 0.2) is 0 Å². The highest BCUT2D eigenvalue weighted by atomic mass is 35.5. The van der Waals surface area contributed by atoms with E-state index in [-0.39, 0.29) is 10.8 Å². The van der Waals surface area contributed by atoms with Gasteiger partial charge in [-0.05, 0) is 74.4 Å². The molecule has 3 aromatic rings. The van der Waals surface area contributed by atoms with E-state index < -0.39 is 5.97 Å². The Morgan fingerprint density at radius 1 is 0.769 bits per heavy atom. The highest BCUT2D eigenvalue weighted by molar-refractivity contribution is 6.32. The smallest absolute Gasteiger partial charge is 0.343 e. The van der Waals surface area contributed by atoms with Gasteiger partial charge in [0, 0.05) is 0 Å². The SMILES string of the molecule is CCCCCCCCCCCCOc1ccc(C(=O)Oc2ccc(N=Nc3ccc(C)cc3C)cc2Cl)cc1. The minimum absolute atomic E-state index is 0.272. The van der Waals surface area contributed by atoms with Gasteiger partial charge in [-0.15, -0.1) is 0 Å². The van der Waals surface area contributed by atoms with E-state index in [1.54, 1.807) is 42.5 Å². The highest BCUT2D eigenvalue weighted by Gasteiger charge is 2.12. The average molecular weight is 549 g/mol. The number of hydrogen-bond donors (Lipinski definition) is 0. The molecule has 0 aliphatic carbocycles. The van der Waals surface area contributed by atoms with Gasteiger partial charge in [0.25, 0.3) is 0 Å². The molecule has 208 valence electrons. The van der Waals surface area contributed by atoms with Crippen molar-refractivity contribution < 1.29 is 14.3 Å². The van der Waals surface area contributed by atoms with E-state index >= 15 is 0 Å². The van der Waals surface area contributed by atoms with Crippen LogP contribution in [-0.2, 0) is 0 Å². The average Bonchev–Trinajstić information content (AvgIpc) is 2.93. The van der Waals surface area contributed by atoms with Gasteiger partial charge in [-0.25, -0.2) is 4.79 Å². The molecule has 5 nitrogen and oxygen atoms in total. The van der Waals surface area contributed by atoms with Crippen LogP contribution in [0.15, 0.2) is 70.9 Å². The molecule has 0 unspecified atom stereocenters. The number of azo groups is 1. The molecule has 0 N–H and O–H groups in total. The van der Waals surface area contributed by atoms with E-state index in [4.69, 9.17) is 21.1 Å². The van der Waals surface area contributed by atoms with E-state index in [9.17, 15) is 4.79 Å². The van der Waals surface area contributed by atoms with Crippen LogP contribution in [0.2, 0.25) is 5.02 Å². The number of benzene rings is 3. The van der Waals surface area contributed by atoms with Crippen molar-refractivity contribution in [2.24, 2.45) is 10.2 Å². The summed E-state index contributed by atoms with van der Waals surface area (Å²) in [5, 5.41) is 8.86. The van der Waals surface area contributed by atoms with E-state index in [1.807, 2.05) is 26.0 Å². The summed E-state index contributed by atoms with van der Waals surface area (Å²) in [4.78, 5) is 12.6. The van der Waals surface area contributed by atoms with E-state index in [0.717, 1.165) is 23.4 Å². The topological polar surface area (TPSA) is 60.2 Å². The molecule has 0 saturated carbocycles. The minimum Gasteiger partial charge on any atom is -0.494 e. The lowest BCUT2D eigenvalue weighted by Crippen LogP contribution is -2.08. The summed E-state index contributed by atoms with van der Waals surface area (Å²) in [5.74, 6) is 0.537. The Labute approximate surface area is 238 Å². The van der Waals surface area contributed by atoms with Gasteiger partial charge < -0.3 is 9.47 Å². The molecule has 0 heterocycles. The Bertz CT molecular complexity index is 1210. The van der Waals surface area contributed by atoms with Crippen LogP contribution in [0, 0.1) is 13.8 Å². The number of esters is 1. The number of ether oxygens (including phenoxy) is 2. The van der Waals surface area contributed by atoms with E-state index in [2.05, 4.69) is 23.2 Å². The Kier molecular flexibility index (Phi) is 13.0. The molecular weight excluding hydrogens is 508 g/mol. The Morgan fingerprint density at radius 3 is 2.08 bits per heavy atom. The molecular formula is C33H41ClN2O3. The number of carbonyl (C=O) groups is 1. The van der Waals surface area contributed by atoms with Gasteiger partial charge in [0.05, 0.1) is 28.6 Å². The van der Waals surface area contributed by atoms with Crippen LogP contribution in [0.1, 0.15) is 92.6 Å². The second-order valence-electron chi connectivity index (χ2n) is 10.0. The van der Waals surface area contributed by atoms with Crippen molar-refractivity contribution in [3.8, 4) is 11.5 Å². The second kappa shape index (κ2) is 16.7. The van der Waals surface area contributed by atoms with Gasteiger partial charge in [-0.2, -0.15) is 10.2 Å². The molecule has 0 aromatic heterocycles. The first-order chi connectivity index (χ1) is 19.0. The largest absolute Gasteiger partial charge is 0.494 e. The summed E-state index contributed by atoms with van der Waals surface area (Å²) in [6.45, 7) is 6.97. The first-order valence-electron chi connectivity index (χ1n) is 14.2. The van der Waals surface area contributed by atoms with Crippen LogP contribution in [0.3, 0.4) is 0 Å². The maximum absolute atomic E-state index is 12.6. The molecule has 0 spiro atoms. The summed E-state index contributed by atoms with van der Waals surface area (Å²) in [5.41, 5.74) is 4.01. The maximum Gasteiger partial charge on any atom is 0.343 e. The number of halogens is 1. The molecule has 39 heavy (non-hydrogen) atoms. The quantitative estimate of drug-likeness (QED) is 0.0773. The predicted octanol–water partition coefficient (Wildman–Crippen LogP) is 10.9. The van der Waals surface area contributed by atoms with Crippen LogP contribution >= 0.6 is 11.6 Å². The fourth-order valence-electron chi connectivity index (χ4n) is 4.29. The fraction of sp³-hybridized carbons (Fsp3) is 0.424. The number of carbonyl (C=O) groups excluding carboxylic acids is 1. The van der Waals surface area contributed by atoms with Crippen molar-refractivity contribution in [2.45, 2.75) is 85.0 Å². The zero-order chi connectivity index (χ0) is 27.9. The normalized spacial score (nSPS) is 11.2. The van der Waals surface area contributed by atoms with Crippen LogP contribution in [0.25, 0.3) is 0 Å². The van der Waals surface area contributed by atoms with Crippen molar-refractivity contribution >= 4 is 28.9 Å². The van der Waals surface area contributed by atoms with Gasteiger partial charge in [-0.3, -0.25) is 0 Å². The highest BCUT2D eigenvalue weighted by Crippen LogP contribution is 2.31. The lowest BCUT2D eigenvalue weighted by molar-refractivity contribution is 0.0735. The summed E-state index contributed by atoms with van der Waals surface area (Å²) >= 11 is 6.36. The summed E-state index contributed by atoms with van der Waals surface area (Å²) in [6.07, 6.45) is 12.9. The molecule has 0 saturated heterocycles. The third-order valence-corrected chi connectivity index (χ3v) is 6.90.